The summed E-state index contributed by atoms with van der Waals surface area (Å²) in [6.45, 7) is 0. The van der Waals surface area contributed by atoms with Gasteiger partial charge in [-0.1, -0.05) is 42.5 Å². The van der Waals surface area contributed by atoms with Crippen LogP contribution in [0.25, 0.3) is 21.6 Å². The fourth-order valence-corrected chi connectivity index (χ4v) is 3.35. The lowest BCUT2D eigenvalue weighted by Crippen LogP contribution is -1.94. The van der Waals surface area contributed by atoms with Gasteiger partial charge >= 0.3 is 0 Å². The van der Waals surface area contributed by atoms with Crippen molar-refractivity contribution in [3.63, 3.8) is 0 Å². The molecule has 2 heteroatoms. The van der Waals surface area contributed by atoms with Crippen LogP contribution in [-0.4, -0.2) is 5.78 Å². The zero-order valence-electron chi connectivity index (χ0n) is 10.1. The van der Waals surface area contributed by atoms with Crippen LogP contribution in [-0.2, 0) is 0 Å². The predicted octanol–water partition coefficient (Wildman–Crippen LogP) is 4.63. The van der Waals surface area contributed by atoms with Crippen LogP contribution < -0.4 is 0 Å². The Morgan fingerprint density at radius 1 is 0.737 bits per heavy atom. The van der Waals surface area contributed by atoms with Crippen molar-refractivity contribution in [2.24, 2.45) is 0 Å². The smallest absolute Gasteiger partial charge is 0.194 e. The molecule has 0 spiro atoms. The summed E-state index contributed by atoms with van der Waals surface area (Å²) in [5.41, 5.74) is 4.88. The molecule has 1 nitrogen and oxygen atoms in total. The second kappa shape index (κ2) is 3.90. The van der Waals surface area contributed by atoms with Gasteiger partial charge in [-0.2, -0.15) is 0 Å². The van der Waals surface area contributed by atoms with E-state index < -0.39 is 0 Å². The van der Waals surface area contributed by atoms with Gasteiger partial charge in [0.2, 0.25) is 0 Å². The standard InChI is InChI=1S/C17H10OS/c18-17-14-5-2-1-4-12(14)13-8-7-11(10-15(13)17)16-6-3-9-19-16/h1-10H. The van der Waals surface area contributed by atoms with Gasteiger partial charge in [-0.3, -0.25) is 4.79 Å². The highest BCUT2D eigenvalue weighted by molar-refractivity contribution is 7.13. The molecule has 0 bridgehead atoms. The summed E-state index contributed by atoms with van der Waals surface area (Å²) in [5.74, 6) is 0.143. The zero-order valence-corrected chi connectivity index (χ0v) is 10.9. The lowest BCUT2D eigenvalue weighted by Gasteiger charge is -2.02. The van der Waals surface area contributed by atoms with Crippen LogP contribution in [0.15, 0.2) is 60.0 Å². The van der Waals surface area contributed by atoms with Crippen molar-refractivity contribution >= 4 is 17.1 Å². The molecule has 1 heterocycles. The Bertz CT molecular complexity index is 785. The zero-order chi connectivity index (χ0) is 12.8. The van der Waals surface area contributed by atoms with Gasteiger partial charge in [-0.25, -0.2) is 0 Å². The monoisotopic (exact) mass is 262 g/mol. The Morgan fingerprint density at radius 3 is 2.32 bits per heavy atom. The summed E-state index contributed by atoms with van der Waals surface area (Å²) in [7, 11) is 0. The topological polar surface area (TPSA) is 17.1 Å². The van der Waals surface area contributed by atoms with E-state index in [1.807, 2.05) is 36.4 Å². The third kappa shape index (κ3) is 1.50. The summed E-state index contributed by atoms with van der Waals surface area (Å²) in [6, 6.07) is 18.1. The predicted molar refractivity (Wildman–Crippen MR) is 78.6 cm³/mol. The third-order valence-corrected chi connectivity index (χ3v) is 4.45. The first kappa shape index (κ1) is 10.7. The van der Waals surface area contributed by atoms with E-state index in [2.05, 4.69) is 23.6 Å². The number of thiophene rings is 1. The van der Waals surface area contributed by atoms with Crippen molar-refractivity contribution in [3.8, 4) is 21.6 Å². The molecule has 0 unspecified atom stereocenters. The highest BCUT2D eigenvalue weighted by Gasteiger charge is 2.26. The van der Waals surface area contributed by atoms with E-state index >= 15 is 0 Å². The molecule has 0 saturated heterocycles. The minimum absolute atomic E-state index is 0.143. The maximum Gasteiger partial charge on any atom is 0.194 e. The number of hydrogen-bond donors (Lipinski definition) is 0. The van der Waals surface area contributed by atoms with Crippen molar-refractivity contribution < 1.29 is 4.79 Å². The summed E-state index contributed by atoms with van der Waals surface area (Å²) >= 11 is 1.70. The molecule has 0 saturated carbocycles. The number of fused-ring (bicyclic) bond motifs is 3. The molecule has 19 heavy (non-hydrogen) atoms. The molecule has 1 aliphatic carbocycles. The lowest BCUT2D eigenvalue weighted by atomic mass is 10.0. The molecule has 90 valence electrons. The highest BCUT2D eigenvalue weighted by atomic mass is 32.1. The second-order valence-electron chi connectivity index (χ2n) is 4.61. The second-order valence-corrected chi connectivity index (χ2v) is 5.56. The fourth-order valence-electron chi connectivity index (χ4n) is 2.62. The first-order chi connectivity index (χ1) is 9.34. The van der Waals surface area contributed by atoms with Crippen LogP contribution in [0.4, 0.5) is 0 Å². The first-order valence-corrected chi connectivity index (χ1v) is 7.04. The molecule has 0 amide bonds. The normalized spacial score (nSPS) is 12.3. The number of rotatable bonds is 1. The van der Waals surface area contributed by atoms with Gasteiger partial charge in [-0.15, -0.1) is 11.3 Å². The van der Waals surface area contributed by atoms with Crippen LogP contribution in [0.5, 0.6) is 0 Å². The van der Waals surface area contributed by atoms with Gasteiger partial charge in [0.1, 0.15) is 0 Å². The SMILES string of the molecule is O=C1c2ccccc2-c2ccc(-c3cccs3)cc21. The van der Waals surface area contributed by atoms with Gasteiger partial charge in [0.05, 0.1) is 0 Å². The third-order valence-electron chi connectivity index (χ3n) is 3.53. The molecule has 0 N–H and O–H groups in total. The van der Waals surface area contributed by atoms with Crippen LogP contribution in [0, 0.1) is 0 Å². The average molecular weight is 262 g/mol. The summed E-state index contributed by atoms with van der Waals surface area (Å²) < 4.78 is 0. The lowest BCUT2D eigenvalue weighted by molar-refractivity contribution is 0.104. The van der Waals surface area contributed by atoms with E-state index in [1.165, 1.54) is 4.88 Å². The van der Waals surface area contributed by atoms with Gasteiger partial charge in [0, 0.05) is 16.0 Å². The summed E-state index contributed by atoms with van der Waals surface area (Å²) in [6.07, 6.45) is 0. The molecule has 1 aliphatic rings. The number of hydrogen-bond acceptors (Lipinski definition) is 2. The molecule has 0 aliphatic heterocycles. The summed E-state index contributed by atoms with van der Waals surface area (Å²) in [4.78, 5) is 13.6. The molecule has 0 radical (unpaired) electrons. The molecular weight excluding hydrogens is 252 g/mol. The van der Waals surface area contributed by atoms with E-state index in [0.717, 1.165) is 27.8 Å². The van der Waals surface area contributed by atoms with Crippen LogP contribution in [0.3, 0.4) is 0 Å². The molecular formula is C17H10OS. The molecule has 0 fully saturated rings. The molecule has 1 aromatic heterocycles. The average Bonchev–Trinajstić information content (AvgIpc) is 3.08. The van der Waals surface area contributed by atoms with Gasteiger partial charge < -0.3 is 0 Å². The number of benzene rings is 2. The van der Waals surface area contributed by atoms with Crippen molar-refractivity contribution in [2.45, 2.75) is 0 Å². The van der Waals surface area contributed by atoms with Crippen molar-refractivity contribution in [1.82, 2.24) is 0 Å². The Kier molecular flexibility index (Phi) is 2.20. The minimum Gasteiger partial charge on any atom is -0.289 e. The Balaban J connectivity index is 1.94. The van der Waals surface area contributed by atoms with E-state index in [0.29, 0.717) is 0 Å². The highest BCUT2D eigenvalue weighted by Crippen LogP contribution is 2.38. The van der Waals surface area contributed by atoms with Crippen molar-refractivity contribution in [3.05, 3.63) is 71.1 Å². The minimum atomic E-state index is 0.143. The molecule has 2 aromatic carbocycles. The first-order valence-electron chi connectivity index (χ1n) is 6.16. The Labute approximate surface area is 115 Å². The van der Waals surface area contributed by atoms with E-state index in [4.69, 9.17) is 0 Å². The largest absolute Gasteiger partial charge is 0.289 e. The molecule has 4 rings (SSSR count). The molecule has 3 aromatic rings. The van der Waals surface area contributed by atoms with Crippen molar-refractivity contribution in [2.75, 3.05) is 0 Å². The van der Waals surface area contributed by atoms with E-state index in [9.17, 15) is 4.79 Å². The Morgan fingerprint density at radius 2 is 1.53 bits per heavy atom. The van der Waals surface area contributed by atoms with E-state index in [1.54, 1.807) is 11.3 Å². The molecule has 0 atom stereocenters. The van der Waals surface area contributed by atoms with Crippen LogP contribution in [0.1, 0.15) is 15.9 Å². The van der Waals surface area contributed by atoms with Gasteiger partial charge in [-0.05, 0) is 34.2 Å². The van der Waals surface area contributed by atoms with Crippen LogP contribution >= 0.6 is 11.3 Å². The van der Waals surface area contributed by atoms with Crippen LogP contribution in [0.2, 0.25) is 0 Å². The number of ketones is 1. The van der Waals surface area contributed by atoms with Crippen molar-refractivity contribution in [1.29, 1.82) is 0 Å². The number of carbonyl (C=O) groups is 1. The maximum atomic E-state index is 12.4. The van der Waals surface area contributed by atoms with Gasteiger partial charge in [0.15, 0.2) is 5.78 Å². The quantitative estimate of drug-likeness (QED) is 0.489. The van der Waals surface area contributed by atoms with E-state index in [-0.39, 0.29) is 5.78 Å². The fraction of sp³-hybridized carbons (Fsp3) is 0. The number of carbonyl (C=O) groups excluding carboxylic acids is 1. The summed E-state index contributed by atoms with van der Waals surface area (Å²) in [5, 5.41) is 2.05. The van der Waals surface area contributed by atoms with Gasteiger partial charge in [0.25, 0.3) is 0 Å². The Hall–Kier alpha value is -2.19. The maximum absolute atomic E-state index is 12.4.